The normalized spacial score (nSPS) is 18.0. The van der Waals surface area contributed by atoms with E-state index in [1.54, 1.807) is 28.4 Å². The van der Waals surface area contributed by atoms with E-state index in [9.17, 15) is 9.18 Å². The minimum Gasteiger partial charge on any atom is -0.477 e. The standard InChI is InChI=1S/C24H23BrFN5O4S/c1-33-22-23(28-8-7-27-22)34-12-20(32)31-9-5-14(6-10-31)24-29-18(13-36-24)17-11-19(35-30-17)21-15(25)3-2-4-16(21)26/h2-4,7-8,13-14,19H,5-6,9-12H2,1H3. The Hall–Kier alpha value is -3.12. The van der Waals surface area contributed by atoms with Gasteiger partial charge in [0.15, 0.2) is 12.7 Å². The second kappa shape index (κ2) is 10.9. The van der Waals surface area contributed by atoms with Gasteiger partial charge in [-0.25, -0.2) is 19.3 Å². The lowest BCUT2D eigenvalue weighted by Gasteiger charge is -2.31. The third kappa shape index (κ3) is 5.19. The van der Waals surface area contributed by atoms with Gasteiger partial charge >= 0.3 is 0 Å². The molecule has 1 unspecified atom stereocenters. The highest BCUT2D eigenvalue weighted by Crippen LogP contribution is 2.37. The number of aromatic nitrogens is 3. The van der Waals surface area contributed by atoms with Crippen LogP contribution in [-0.2, 0) is 9.63 Å². The van der Waals surface area contributed by atoms with Crippen molar-refractivity contribution in [3.63, 3.8) is 0 Å². The first-order chi connectivity index (χ1) is 17.5. The number of methoxy groups -OCH3 is 1. The maximum absolute atomic E-state index is 14.3. The van der Waals surface area contributed by atoms with E-state index in [-0.39, 0.29) is 36.0 Å². The highest BCUT2D eigenvalue weighted by atomic mass is 79.9. The molecule has 0 bridgehead atoms. The van der Waals surface area contributed by atoms with Crippen molar-refractivity contribution in [2.24, 2.45) is 5.16 Å². The van der Waals surface area contributed by atoms with E-state index >= 15 is 0 Å². The zero-order valence-corrected chi connectivity index (χ0v) is 21.8. The van der Waals surface area contributed by atoms with Gasteiger partial charge in [-0.05, 0) is 25.0 Å². The lowest BCUT2D eigenvalue weighted by molar-refractivity contribution is -0.134. The van der Waals surface area contributed by atoms with E-state index in [1.807, 2.05) is 5.38 Å². The largest absolute Gasteiger partial charge is 0.477 e. The molecule has 1 atom stereocenters. The molecule has 0 spiro atoms. The Labute approximate surface area is 219 Å². The molecule has 1 fully saturated rings. The van der Waals surface area contributed by atoms with Crippen LogP contribution >= 0.6 is 27.3 Å². The number of hydrogen-bond donors (Lipinski definition) is 0. The van der Waals surface area contributed by atoms with Crippen molar-refractivity contribution in [2.45, 2.75) is 31.3 Å². The molecule has 1 saturated heterocycles. The van der Waals surface area contributed by atoms with Gasteiger partial charge in [-0.15, -0.1) is 11.3 Å². The molecule has 188 valence electrons. The van der Waals surface area contributed by atoms with Gasteiger partial charge in [0.05, 0.1) is 17.8 Å². The number of piperidine rings is 1. The van der Waals surface area contributed by atoms with Gasteiger partial charge in [0.1, 0.15) is 11.5 Å². The van der Waals surface area contributed by atoms with Crippen LogP contribution in [0.25, 0.3) is 0 Å². The molecule has 0 N–H and O–H groups in total. The molecule has 0 radical (unpaired) electrons. The predicted octanol–water partition coefficient (Wildman–Crippen LogP) is 4.49. The second-order valence-corrected chi connectivity index (χ2v) is 10.1. The Morgan fingerprint density at radius 1 is 1.25 bits per heavy atom. The Morgan fingerprint density at radius 2 is 2.03 bits per heavy atom. The third-order valence-electron chi connectivity index (χ3n) is 6.16. The van der Waals surface area contributed by atoms with Crippen LogP contribution in [0.5, 0.6) is 11.8 Å². The SMILES string of the molecule is COc1nccnc1OCC(=O)N1CCC(c2nc(C3=NOC(c4c(F)cccc4Br)C3)cs2)CC1. The molecule has 1 amide bonds. The maximum atomic E-state index is 14.3. The number of nitrogens with zero attached hydrogens (tertiary/aromatic N) is 5. The Balaban J connectivity index is 1.14. The smallest absolute Gasteiger partial charge is 0.278 e. The first-order valence-corrected chi connectivity index (χ1v) is 13.1. The summed E-state index contributed by atoms with van der Waals surface area (Å²) in [5.74, 6) is 0.264. The Bertz CT molecular complexity index is 1260. The summed E-state index contributed by atoms with van der Waals surface area (Å²) < 4.78 is 25.6. The summed E-state index contributed by atoms with van der Waals surface area (Å²) in [5.41, 5.74) is 1.93. The molecule has 5 rings (SSSR count). The van der Waals surface area contributed by atoms with Crippen molar-refractivity contribution < 1.29 is 23.5 Å². The monoisotopic (exact) mass is 575 g/mol. The van der Waals surface area contributed by atoms with Crippen LogP contribution in [0.1, 0.15) is 47.5 Å². The third-order valence-corrected chi connectivity index (χ3v) is 7.86. The number of ether oxygens (including phenoxy) is 2. The van der Waals surface area contributed by atoms with Gasteiger partial charge < -0.3 is 19.2 Å². The number of likely N-dealkylation sites (tertiary alicyclic amines) is 1. The van der Waals surface area contributed by atoms with Crippen molar-refractivity contribution in [2.75, 3.05) is 26.8 Å². The number of halogens is 2. The molecule has 4 heterocycles. The molecule has 1 aromatic carbocycles. The van der Waals surface area contributed by atoms with E-state index < -0.39 is 6.10 Å². The van der Waals surface area contributed by atoms with Crippen LogP contribution in [0.15, 0.2) is 45.6 Å². The lowest BCUT2D eigenvalue weighted by atomic mass is 9.97. The van der Waals surface area contributed by atoms with Gasteiger partial charge in [-0.1, -0.05) is 27.2 Å². The summed E-state index contributed by atoms with van der Waals surface area (Å²) >= 11 is 4.98. The predicted molar refractivity (Wildman–Crippen MR) is 134 cm³/mol. The summed E-state index contributed by atoms with van der Waals surface area (Å²) in [6.07, 6.45) is 4.56. The van der Waals surface area contributed by atoms with E-state index in [0.717, 1.165) is 23.5 Å². The Kier molecular flexibility index (Phi) is 7.42. The summed E-state index contributed by atoms with van der Waals surface area (Å²) in [6, 6.07) is 4.85. The average Bonchev–Trinajstić information content (AvgIpc) is 3.58. The molecule has 2 aromatic heterocycles. The minimum absolute atomic E-state index is 0.108. The van der Waals surface area contributed by atoms with Crippen LogP contribution < -0.4 is 9.47 Å². The van der Waals surface area contributed by atoms with Crippen LogP contribution in [0.3, 0.4) is 0 Å². The first-order valence-electron chi connectivity index (χ1n) is 11.4. The topological polar surface area (TPSA) is 99.0 Å². The number of rotatable bonds is 7. The number of benzene rings is 1. The molecule has 0 saturated carbocycles. The van der Waals surface area contributed by atoms with Crippen LogP contribution in [0.4, 0.5) is 4.39 Å². The van der Waals surface area contributed by atoms with Crippen molar-refractivity contribution in [1.29, 1.82) is 0 Å². The number of hydrogen-bond acceptors (Lipinski definition) is 9. The van der Waals surface area contributed by atoms with Crippen molar-refractivity contribution >= 4 is 38.9 Å². The number of amides is 1. The molecule has 12 heteroatoms. The quantitative estimate of drug-likeness (QED) is 0.409. The lowest BCUT2D eigenvalue weighted by Crippen LogP contribution is -2.40. The summed E-state index contributed by atoms with van der Waals surface area (Å²) in [4.78, 5) is 32.8. The molecule has 3 aromatic rings. The zero-order chi connectivity index (χ0) is 25.1. The number of carbonyl (C=O) groups is 1. The highest BCUT2D eigenvalue weighted by Gasteiger charge is 2.31. The van der Waals surface area contributed by atoms with E-state index in [2.05, 4.69) is 31.1 Å². The van der Waals surface area contributed by atoms with Gasteiger partial charge in [0.25, 0.3) is 17.7 Å². The van der Waals surface area contributed by atoms with Crippen LogP contribution in [0.2, 0.25) is 0 Å². The highest BCUT2D eigenvalue weighted by molar-refractivity contribution is 9.10. The fourth-order valence-corrected chi connectivity index (χ4v) is 5.86. The summed E-state index contributed by atoms with van der Waals surface area (Å²) in [7, 11) is 1.47. The van der Waals surface area contributed by atoms with Gasteiger partial charge in [-0.2, -0.15) is 0 Å². The van der Waals surface area contributed by atoms with Crippen molar-refractivity contribution in [3.8, 4) is 11.8 Å². The molecule has 2 aliphatic rings. The van der Waals surface area contributed by atoms with Gasteiger partial charge in [0, 0.05) is 53.2 Å². The molecule has 2 aliphatic heterocycles. The molecule has 0 aliphatic carbocycles. The zero-order valence-electron chi connectivity index (χ0n) is 19.4. The fraction of sp³-hybridized carbons (Fsp3) is 0.375. The fourth-order valence-electron chi connectivity index (χ4n) is 4.26. The van der Waals surface area contributed by atoms with E-state index in [4.69, 9.17) is 19.3 Å². The molecule has 9 nitrogen and oxygen atoms in total. The molecule has 36 heavy (non-hydrogen) atoms. The number of oxime groups is 1. The number of thiazole rings is 1. The minimum atomic E-state index is -0.487. The molecular weight excluding hydrogens is 553 g/mol. The maximum Gasteiger partial charge on any atom is 0.278 e. The van der Waals surface area contributed by atoms with Crippen molar-refractivity contribution in [3.05, 3.63) is 62.5 Å². The van der Waals surface area contributed by atoms with E-state index in [1.165, 1.54) is 25.6 Å². The van der Waals surface area contributed by atoms with Gasteiger partial charge in [-0.3, -0.25) is 4.79 Å². The Morgan fingerprint density at radius 3 is 2.78 bits per heavy atom. The van der Waals surface area contributed by atoms with E-state index in [0.29, 0.717) is 35.3 Å². The van der Waals surface area contributed by atoms with Gasteiger partial charge in [0.2, 0.25) is 0 Å². The number of carbonyl (C=O) groups excluding carboxylic acids is 1. The average molecular weight is 576 g/mol. The van der Waals surface area contributed by atoms with Crippen LogP contribution in [-0.4, -0.2) is 58.3 Å². The second-order valence-electron chi connectivity index (χ2n) is 8.36. The van der Waals surface area contributed by atoms with Crippen molar-refractivity contribution in [1.82, 2.24) is 19.9 Å². The van der Waals surface area contributed by atoms with Crippen LogP contribution in [0, 0.1) is 5.82 Å². The summed E-state index contributed by atoms with van der Waals surface area (Å²) in [6.45, 7) is 1.11. The first kappa shape index (κ1) is 24.6. The summed E-state index contributed by atoms with van der Waals surface area (Å²) in [5, 5.41) is 7.16. The molecular formula is C24H23BrFN5O4S.